The van der Waals surface area contributed by atoms with E-state index in [9.17, 15) is 14.4 Å². The first-order valence-electron chi connectivity index (χ1n) is 9.48. The topological polar surface area (TPSA) is 105 Å². The highest BCUT2D eigenvalue weighted by Crippen LogP contribution is 2.37. The standard InChI is InChI=1S/C22H23NO6S/c1-14(24)30-12-17(10-16-8-5-9-18-21(16)28-13-27-18)20(26)22(29-19(25)11-23)15-6-3-2-4-7-15/h2-9,17,22H,10-13,23H2,1H3. The normalized spacial score (nSPS) is 14.1. The molecule has 0 amide bonds. The SMILES string of the molecule is CC(=O)SCC(Cc1cccc2c1OCO2)C(=O)C(OC(=O)CN)c1ccccc1. The second-order valence-corrected chi connectivity index (χ2v) is 7.94. The van der Waals surface area contributed by atoms with E-state index in [0.29, 0.717) is 23.5 Å². The van der Waals surface area contributed by atoms with E-state index in [1.807, 2.05) is 18.2 Å². The molecule has 2 atom stereocenters. The third kappa shape index (κ3) is 5.40. The first-order chi connectivity index (χ1) is 14.5. The molecule has 0 saturated heterocycles. The van der Waals surface area contributed by atoms with Crippen molar-refractivity contribution in [3.8, 4) is 11.5 Å². The van der Waals surface area contributed by atoms with E-state index >= 15 is 0 Å². The molecular weight excluding hydrogens is 406 g/mol. The molecule has 8 heteroatoms. The Kier molecular flexibility index (Phi) is 7.48. The molecule has 30 heavy (non-hydrogen) atoms. The van der Waals surface area contributed by atoms with Gasteiger partial charge in [0.1, 0.15) is 0 Å². The molecule has 1 aliphatic rings. The molecule has 0 aromatic heterocycles. The van der Waals surface area contributed by atoms with Gasteiger partial charge in [-0.25, -0.2) is 0 Å². The summed E-state index contributed by atoms with van der Waals surface area (Å²) in [5, 5.41) is -0.0964. The number of Topliss-reactive ketones (excluding diaryl/α,β-unsaturated/α-hetero) is 1. The number of benzene rings is 2. The Balaban J connectivity index is 1.90. The van der Waals surface area contributed by atoms with E-state index in [1.54, 1.807) is 30.3 Å². The Morgan fingerprint density at radius 2 is 1.87 bits per heavy atom. The van der Waals surface area contributed by atoms with Crippen LogP contribution in [0.15, 0.2) is 48.5 Å². The quantitative estimate of drug-likeness (QED) is 0.607. The van der Waals surface area contributed by atoms with Gasteiger partial charge < -0.3 is 19.9 Å². The Morgan fingerprint density at radius 3 is 2.57 bits per heavy atom. The lowest BCUT2D eigenvalue weighted by atomic mass is 9.90. The molecule has 0 radical (unpaired) electrons. The van der Waals surface area contributed by atoms with E-state index in [-0.39, 0.29) is 30.0 Å². The zero-order chi connectivity index (χ0) is 21.5. The van der Waals surface area contributed by atoms with Gasteiger partial charge in [0.15, 0.2) is 28.5 Å². The summed E-state index contributed by atoms with van der Waals surface area (Å²) >= 11 is 1.06. The minimum atomic E-state index is -1.10. The number of ketones is 1. The third-order valence-electron chi connectivity index (χ3n) is 4.61. The van der Waals surface area contributed by atoms with Crippen molar-refractivity contribution < 1.29 is 28.6 Å². The number of para-hydroxylation sites is 1. The predicted molar refractivity (Wildman–Crippen MR) is 112 cm³/mol. The van der Waals surface area contributed by atoms with Gasteiger partial charge in [-0.2, -0.15) is 0 Å². The summed E-state index contributed by atoms with van der Waals surface area (Å²) in [6, 6.07) is 14.3. The van der Waals surface area contributed by atoms with Gasteiger partial charge in [0.05, 0.1) is 6.54 Å². The van der Waals surface area contributed by atoms with E-state index in [0.717, 1.165) is 17.3 Å². The molecule has 3 rings (SSSR count). The van der Waals surface area contributed by atoms with Crippen LogP contribution in [0.2, 0.25) is 0 Å². The molecule has 1 heterocycles. The Hall–Kier alpha value is -2.84. The summed E-state index contributed by atoms with van der Waals surface area (Å²) < 4.78 is 16.4. The van der Waals surface area contributed by atoms with Crippen molar-refractivity contribution in [2.75, 3.05) is 19.1 Å². The molecule has 0 spiro atoms. The van der Waals surface area contributed by atoms with Crippen LogP contribution in [0.5, 0.6) is 11.5 Å². The molecule has 0 bridgehead atoms. The van der Waals surface area contributed by atoms with Crippen LogP contribution in [0.4, 0.5) is 0 Å². The van der Waals surface area contributed by atoms with Crippen molar-refractivity contribution in [1.82, 2.24) is 0 Å². The molecule has 1 aliphatic heterocycles. The summed E-state index contributed by atoms with van der Waals surface area (Å²) in [7, 11) is 0. The first kappa shape index (κ1) is 21.9. The number of fused-ring (bicyclic) bond motifs is 1. The number of hydrogen-bond acceptors (Lipinski definition) is 8. The average molecular weight is 429 g/mol. The van der Waals surface area contributed by atoms with E-state index in [2.05, 4.69) is 0 Å². The fourth-order valence-corrected chi connectivity index (χ4v) is 3.91. The maximum Gasteiger partial charge on any atom is 0.320 e. The van der Waals surface area contributed by atoms with Crippen LogP contribution in [0, 0.1) is 5.92 Å². The second-order valence-electron chi connectivity index (χ2n) is 6.74. The van der Waals surface area contributed by atoms with Crippen LogP contribution in [-0.4, -0.2) is 36.0 Å². The highest BCUT2D eigenvalue weighted by molar-refractivity contribution is 8.13. The zero-order valence-electron chi connectivity index (χ0n) is 16.5. The number of rotatable bonds is 9. The number of esters is 1. The summed E-state index contributed by atoms with van der Waals surface area (Å²) in [5.74, 6) is -0.0982. The maximum atomic E-state index is 13.5. The summed E-state index contributed by atoms with van der Waals surface area (Å²) in [6.45, 7) is 1.24. The van der Waals surface area contributed by atoms with Gasteiger partial charge >= 0.3 is 5.97 Å². The highest BCUT2D eigenvalue weighted by atomic mass is 32.2. The molecule has 0 saturated carbocycles. The van der Waals surface area contributed by atoms with Crippen molar-refractivity contribution in [3.05, 3.63) is 59.7 Å². The van der Waals surface area contributed by atoms with Crippen molar-refractivity contribution in [2.45, 2.75) is 19.4 Å². The van der Waals surface area contributed by atoms with Crippen molar-refractivity contribution in [1.29, 1.82) is 0 Å². The molecule has 0 fully saturated rings. The second kappa shape index (κ2) is 10.3. The van der Waals surface area contributed by atoms with E-state index in [1.165, 1.54) is 6.92 Å². The largest absolute Gasteiger partial charge is 0.454 e. The Labute approximate surface area is 178 Å². The minimum Gasteiger partial charge on any atom is -0.454 e. The van der Waals surface area contributed by atoms with Gasteiger partial charge in [-0.1, -0.05) is 54.2 Å². The Bertz CT molecular complexity index is 917. The number of hydrogen-bond donors (Lipinski definition) is 1. The number of nitrogens with two attached hydrogens (primary N) is 1. The lowest BCUT2D eigenvalue weighted by molar-refractivity contribution is -0.155. The van der Waals surface area contributed by atoms with Crippen LogP contribution in [0.1, 0.15) is 24.2 Å². The molecule has 0 aliphatic carbocycles. The van der Waals surface area contributed by atoms with Crippen LogP contribution in [0.25, 0.3) is 0 Å². The van der Waals surface area contributed by atoms with Crippen molar-refractivity contribution in [2.24, 2.45) is 11.7 Å². The van der Waals surface area contributed by atoms with Crippen LogP contribution in [0.3, 0.4) is 0 Å². The monoisotopic (exact) mass is 429 g/mol. The van der Waals surface area contributed by atoms with Crippen molar-refractivity contribution >= 4 is 28.6 Å². The van der Waals surface area contributed by atoms with Crippen LogP contribution < -0.4 is 15.2 Å². The third-order valence-corrected chi connectivity index (χ3v) is 5.59. The molecule has 2 aromatic rings. The fourth-order valence-electron chi connectivity index (χ4n) is 3.19. The fraction of sp³-hybridized carbons (Fsp3) is 0.318. The number of ether oxygens (including phenoxy) is 3. The zero-order valence-corrected chi connectivity index (χ0v) is 17.4. The lowest BCUT2D eigenvalue weighted by Crippen LogP contribution is -2.31. The Morgan fingerprint density at radius 1 is 1.10 bits per heavy atom. The van der Waals surface area contributed by atoms with Crippen LogP contribution in [-0.2, 0) is 25.5 Å². The number of carbonyl (C=O) groups excluding carboxylic acids is 3. The van der Waals surface area contributed by atoms with Gasteiger partial charge in [-0.3, -0.25) is 14.4 Å². The smallest absolute Gasteiger partial charge is 0.320 e. The predicted octanol–water partition coefficient (Wildman–Crippen LogP) is 2.67. The maximum absolute atomic E-state index is 13.5. The van der Waals surface area contributed by atoms with E-state index < -0.39 is 18.0 Å². The van der Waals surface area contributed by atoms with Gasteiger partial charge in [0, 0.05) is 18.6 Å². The van der Waals surface area contributed by atoms with Gasteiger partial charge in [-0.15, -0.1) is 0 Å². The molecule has 158 valence electrons. The van der Waals surface area contributed by atoms with Crippen molar-refractivity contribution in [3.63, 3.8) is 0 Å². The highest BCUT2D eigenvalue weighted by Gasteiger charge is 2.33. The van der Waals surface area contributed by atoms with E-state index in [4.69, 9.17) is 19.9 Å². The first-order valence-corrected chi connectivity index (χ1v) is 10.5. The van der Waals surface area contributed by atoms with Gasteiger partial charge in [0.2, 0.25) is 6.79 Å². The summed E-state index contributed by atoms with van der Waals surface area (Å²) in [5.41, 5.74) is 6.74. The molecule has 7 nitrogen and oxygen atoms in total. The van der Waals surface area contributed by atoms with Crippen LogP contribution >= 0.6 is 11.8 Å². The molecule has 2 aromatic carbocycles. The lowest BCUT2D eigenvalue weighted by Gasteiger charge is -2.23. The van der Waals surface area contributed by atoms with Gasteiger partial charge in [0.25, 0.3) is 0 Å². The molecular formula is C22H23NO6S. The number of carbonyl (C=O) groups is 3. The molecule has 2 N–H and O–H groups in total. The van der Waals surface area contributed by atoms with Gasteiger partial charge in [-0.05, 0) is 23.6 Å². The summed E-state index contributed by atoms with van der Waals surface area (Å²) in [6.07, 6.45) is -0.788. The average Bonchev–Trinajstić information content (AvgIpc) is 3.24. The number of thioether (sulfide) groups is 1. The minimum absolute atomic E-state index is 0.0964. The molecule has 2 unspecified atom stereocenters. The summed E-state index contributed by atoms with van der Waals surface area (Å²) in [4.78, 5) is 37.0.